The van der Waals surface area contributed by atoms with Gasteiger partial charge in [0.05, 0.1) is 19.8 Å². The van der Waals surface area contributed by atoms with Crippen LogP contribution >= 0.6 is 0 Å². The molecule has 166 valence electrons. The smallest absolute Gasteiger partial charge is 0.278 e. The molecule has 0 atom stereocenters. The maximum Gasteiger partial charge on any atom is 0.278 e. The van der Waals surface area contributed by atoms with Crippen LogP contribution in [-0.2, 0) is 9.59 Å². The van der Waals surface area contributed by atoms with Crippen LogP contribution in [-0.4, -0.2) is 73.5 Å². The number of hydrogen-bond acceptors (Lipinski definition) is 7. The van der Waals surface area contributed by atoms with Crippen molar-refractivity contribution < 1.29 is 19.1 Å². The maximum atomic E-state index is 13.3. The largest absolute Gasteiger partial charge is 0.493 e. The van der Waals surface area contributed by atoms with Crippen LogP contribution in [0.1, 0.15) is 5.56 Å². The summed E-state index contributed by atoms with van der Waals surface area (Å²) in [5.41, 5.74) is 1.42. The Labute approximate surface area is 187 Å². The van der Waals surface area contributed by atoms with Crippen molar-refractivity contribution in [2.75, 3.05) is 51.8 Å². The van der Waals surface area contributed by atoms with Gasteiger partial charge in [-0.1, -0.05) is 18.2 Å². The maximum absolute atomic E-state index is 13.3. The van der Waals surface area contributed by atoms with Crippen LogP contribution < -0.4 is 14.4 Å². The van der Waals surface area contributed by atoms with Crippen molar-refractivity contribution in [2.24, 2.45) is 0 Å². The molecule has 2 amide bonds. The third-order valence-corrected chi connectivity index (χ3v) is 5.70. The summed E-state index contributed by atoms with van der Waals surface area (Å²) in [6.45, 7) is 6.45. The molecule has 8 nitrogen and oxygen atoms in total. The molecule has 1 aromatic heterocycles. The van der Waals surface area contributed by atoms with E-state index < -0.39 is 0 Å². The van der Waals surface area contributed by atoms with E-state index in [4.69, 9.17) is 9.47 Å². The average molecular weight is 434 g/mol. The summed E-state index contributed by atoms with van der Waals surface area (Å²) in [5, 5.41) is 0. The number of imide groups is 1. The summed E-state index contributed by atoms with van der Waals surface area (Å²) in [5.74, 6) is 1.33. The molecule has 0 aliphatic carbocycles. The number of amides is 2. The van der Waals surface area contributed by atoms with Gasteiger partial charge in [0, 0.05) is 38.9 Å². The molecule has 1 saturated heterocycles. The minimum Gasteiger partial charge on any atom is -0.493 e. The number of ether oxygens (including phenoxy) is 2. The average Bonchev–Trinajstić information content (AvgIpc) is 3.09. The van der Waals surface area contributed by atoms with Crippen molar-refractivity contribution in [3.05, 3.63) is 66.5 Å². The van der Waals surface area contributed by atoms with E-state index in [9.17, 15) is 9.59 Å². The summed E-state index contributed by atoms with van der Waals surface area (Å²) in [7, 11) is 3.10. The van der Waals surface area contributed by atoms with Crippen molar-refractivity contribution in [3.63, 3.8) is 0 Å². The Morgan fingerprint density at radius 1 is 0.969 bits per heavy atom. The van der Waals surface area contributed by atoms with Gasteiger partial charge in [0.2, 0.25) is 0 Å². The zero-order chi connectivity index (χ0) is 22.7. The van der Waals surface area contributed by atoms with Gasteiger partial charge < -0.3 is 19.3 Å². The first-order valence-corrected chi connectivity index (χ1v) is 10.4. The third-order valence-electron chi connectivity index (χ3n) is 5.70. The van der Waals surface area contributed by atoms with Crippen LogP contribution in [0.2, 0.25) is 0 Å². The Balaban J connectivity index is 1.69. The molecule has 32 heavy (non-hydrogen) atoms. The zero-order valence-electron chi connectivity index (χ0n) is 18.3. The van der Waals surface area contributed by atoms with E-state index in [0.29, 0.717) is 54.5 Å². The fourth-order valence-electron chi connectivity index (χ4n) is 4.10. The molecule has 1 aromatic carbocycles. The number of nitrogens with zero attached hydrogens (tertiary/aromatic N) is 4. The highest BCUT2D eigenvalue weighted by Gasteiger charge is 2.41. The molecule has 2 aromatic rings. The van der Waals surface area contributed by atoms with E-state index >= 15 is 0 Å². The van der Waals surface area contributed by atoms with Crippen molar-refractivity contribution in [1.29, 1.82) is 0 Å². The Bertz CT molecular complexity index is 1060. The van der Waals surface area contributed by atoms with E-state index in [1.165, 1.54) is 4.90 Å². The van der Waals surface area contributed by atoms with E-state index in [1.807, 2.05) is 23.1 Å². The molecule has 0 unspecified atom stereocenters. The topological polar surface area (TPSA) is 75.2 Å². The zero-order valence-corrected chi connectivity index (χ0v) is 18.3. The molecular weight excluding hydrogens is 408 g/mol. The number of rotatable bonds is 7. The van der Waals surface area contributed by atoms with Crippen molar-refractivity contribution in [2.45, 2.75) is 0 Å². The normalized spacial score (nSPS) is 16.6. The van der Waals surface area contributed by atoms with Gasteiger partial charge in [-0.05, 0) is 29.8 Å². The second kappa shape index (κ2) is 9.13. The first-order chi connectivity index (χ1) is 15.6. The number of carbonyl (C=O) groups excluding carboxylic acids is 2. The van der Waals surface area contributed by atoms with Crippen molar-refractivity contribution in [3.8, 4) is 11.5 Å². The first-order valence-electron chi connectivity index (χ1n) is 10.4. The monoisotopic (exact) mass is 434 g/mol. The van der Waals surface area contributed by atoms with Crippen LogP contribution in [0.25, 0.3) is 5.57 Å². The second-order valence-electron chi connectivity index (χ2n) is 7.46. The number of hydrogen-bond donors (Lipinski definition) is 0. The summed E-state index contributed by atoms with van der Waals surface area (Å²) in [6.07, 6.45) is 3.33. The Morgan fingerprint density at radius 3 is 2.31 bits per heavy atom. The van der Waals surface area contributed by atoms with Gasteiger partial charge >= 0.3 is 0 Å². The SMILES string of the molecule is C=CCN1C(=O)C(c2ccc(OC)c(OC)c2)=C(N2CCN(c3ccccn3)CC2)C1=O. The van der Waals surface area contributed by atoms with Gasteiger partial charge in [0.25, 0.3) is 11.8 Å². The highest BCUT2D eigenvalue weighted by atomic mass is 16.5. The summed E-state index contributed by atoms with van der Waals surface area (Å²) < 4.78 is 10.7. The van der Waals surface area contributed by atoms with Gasteiger partial charge in [0.15, 0.2) is 11.5 Å². The molecule has 2 aliphatic heterocycles. The van der Waals surface area contributed by atoms with E-state index in [-0.39, 0.29) is 18.4 Å². The molecule has 1 fully saturated rings. The minimum atomic E-state index is -0.329. The predicted molar refractivity (Wildman–Crippen MR) is 121 cm³/mol. The lowest BCUT2D eigenvalue weighted by atomic mass is 10.0. The Kier molecular flexibility index (Phi) is 6.11. The molecular formula is C24H26N4O4. The number of anilines is 1. The van der Waals surface area contributed by atoms with Gasteiger partial charge in [-0.25, -0.2) is 4.98 Å². The van der Waals surface area contributed by atoms with E-state index in [2.05, 4.69) is 16.5 Å². The fourth-order valence-corrected chi connectivity index (χ4v) is 4.10. The van der Waals surface area contributed by atoms with E-state index in [1.54, 1.807) is 44.7 Å². The molecule has 0 bridgehead atoms. The van der Waals surface area contributed by atoms with Crippen LogP contribution in [0.3, 0.4) is 0 Å². The summed E-state index contributed by atoms with van der Waals surface area (Å²) in [4.78, 5) is 36.4. The standard InChI is InChI=1S/C24H26N4O4/c1-4-11-28-23(29)21(17-8-9-18(31-2)19(16-17)32-3)22(24(28)30)27-14-12-26(13-15-27)20-7-5-6-10-25-20/h4-10,16H,1,11-15H2,2-3H3. The third kappa shape index (κ3) is 3.79. The van der Waals surface area contributed by atoms with E-state index in [0.717, 1.165) is 5.82 Å². The van der Waals surface area contributed by atoms with Gasteiger partial charge in [0.1, 0.15) is 11.5 Å². The molecule has 3 heterocycles. The highest BCUT2D eigenvalue weighted by molar-refractivity contribution is 6.35. The number of pyridine rings is 1. The van der Waals surface area contributed by atoms with Crippen LogP contribution in [0.15, 0.2) is 60.9 Å². The fraction of sp³-hybridized carbons (Fsp3) is 0.292. The lowest BCUT2D eigenvalue weighted by molar-refractivity contribution is -0.136. The highest BCUT2D eigenvalue weighted by Crippen LogP contribution is 2.36. The lowest BCUT2D eigenvalue weighted by Gasteiger charge is -2.37. The molecule has 0 saturated carbocycles. The lowest BCUT2D eigenvalue weighted by Crippen LogP contribution is -2.47. The number of benzene rings is 1. The Hall–Kier alpha value is -3.81. The molecule has 8 heteroatoms. The van der Waals surface area contributed by atoms with Crippen LogP contribution in [0.5, 0.6) is 11.5 Å². The number of methoxy groups -OCH3 is 2. The Morgan fingerprint density at radius 2 is 1.69 bits per heavy atom. The van der Waals surface area contributed by atoms with Crippen LogP contribution in [0, 0.1) is 0 Å². The minimum absolute atomic E-state index is 0.159. The molecule has 0 spiro atoms. The predicted octanol–water partition coefficient (Wildman–Crippen LogP) is 2.19. The quantitative estimate of drug-likeness (QED) is 0.488. The van der Waals surface area contributed by atoms with Crippen molar-refractivity contribution in [1.82, 2.24) is 14.8 Å². The molecule has 4 rings (SSSR count). The summed E-state index contributed by atoms with van der Waals surface area (Å²) >= 11 is 0. The van der Waals surface area contributed by atoms with Crippen molar-refractivity contribution >= 4 is 23.2 Å². The molecule has 0 radical (unpaired) electrons. The van der Waals surface area contributed by atoms with Gasteiger partial charge in [-0.15, -0.1) is 6.58 Å². The molecule has 0 N–H and O–H groups in total. The van der Waals surface area contributed by atoms with Gasteiger partial charge in [-0.2, -0.15) is 0 Å². The van der Waals surface area contributed by atoms with Gasteiger partial charge in [-0.3, -0.25) is 14.5 Å². The molecule has 2 aliphatic rings. The number of carbonyl (C=O) groups is 2. The summed E-state index contributed by atoms with van der Waals surface area (Å²) in [6, 6.07) is 11.1. The number of aromatic nitrogens is 1. The van der Waals surface area contributed by atoms with Crippen LogP contribution in [0.4, 0.5) is 5.82 Å². The second-order valence-corrected chi connectivity index (χ2v) is 7.46. The first kappa shape index (κ1) is 21.4. The number of piperazine rings is 1.